The van der Waals surface area contributed by atoms with Crippen LogP contribution in [0.3, 0.4) is 0 Å². The van der Waals surface area contributed by atoms with E-state index in [0.29, 0.717) is 13.1 Å². The highest BCUT2D eigenvalue weighted by Crippen LogP contribution is 2.30. The predicted octanol–water partition coefficient (Wildman–Crippen LogP) is 2.29. The Morgan fingerprint density at radius 1 is 1.14 bits per heavy atom. The van der Waals surface area contributed by atoms with Gasteiger partial charge in [-0.15, -0.1) is 0 Å². The molecule has 0 saturated carbocycles. The third-order valence-electron chi connectivity index (χ3n) is 3.70. The Hall–Kier alpha value is -2.82. The number of pyridine rings is 1. The Balaban J connectivity index is 1.73. The van der Waals surface area contributed by atoms with E-state index in [2.05, 4.69) is 19.6 Å². The summed E-state index contributed by atoms with van der Waals surface area (Å²) >= 11 is 0. The molecule has 0 bridgehead atoms. The summed E-state index contributed by atoms with van der Waals surface area (Å²) < 4.78 is 2.05. The molecule has 1 aliphatic heterocycles. The standard InChI is InChI=1S/C16H14N4O/c21-16-11-19(14-6-2-1-5-13(14)18-16)10-12-9-17-15-7-3-4-8-20(12)15/h1-9H,10-11H2,(H,18,21). The molecule has 5 nitrogen and oxygen atoms in total. The molecule has 1 aliphatic rings. The first-order chi connectivity index (χ1) is 10.3. The van der Waals surface area contributed by atoms with Crippen LogP contribution in [-0.2, 0) is 11.3 Å². The topological polar surface area (TPSA) is 49.6 Å². The van der Waals surface area contributed by atoms with Gasteiger partial charge in [0.15, 0.2) is 0 Å². The van der Waals surface area contributed by atoms with E-state index in [-0.39, 0.29) is 5.91 Å². The van der Waals surface area contributed by atoms with E-state index in [9.17, 15) is 4.79 Å². The van der Waals surface area contributed by atoms with Gasteiger partial charge in [0.25, 0.3) is 0 Å². The maximum Gasteiger partial charge on any atom is 0.243 e. The summed E-state index contributed by atoms with van der Waals surface area (Å²) in [5.74, 6) is 0.0162. The number of nitrogens with zero attached hydrogens (tertiary/aromatic N) is 3. The van der Waals surface area contributed by atoms with E-state index in [1.165, 1.54) is 0 Å². The van der Waals surface area contributed by atoms with Crippen molar-refractivity contribution in [2.45, 2.75) is 6.54 Å². The van der Waals surface area contributed by atoms with E-state index in [1.54, 1.807) is 0 Å². The van der Waals surface area contributed by atoms with Gasteiger partial charge in [0, 0.05) is 6.20 Å². The van der Waals surface area contributed by atoms with Gasteiger partial charge in [-0.25, -0.2) is 4.98 Å². The number of amides is 1. The minimum Gasteiger partial charge on any atom is -0.355 e. The lowest BCUT2D eigenvalue weighted by molar-refractivity contribution is -0.115. The summed E-state index contributed by atoms with van der Waals surface area (Å²) in [7, 11) is 0. The average molecular weight is 278 g/mol. The average Bonchev–Trinajstić information content (AvgIpc) is 2.90. The molecule has 0 spiro atoms. The van der Waals surface area contributed by atoms with Crippen LogP contribution in [0, 0.1) is 0 Å². The van der Waals surface area contributed by atoms with Crippen molar-refractivity contribution in [2.75, 3.05) is 16.8 Å². The molecule has 104 valence electrons. The van der Waals surface area contributed by atoms with Crippen LogP contribution < -0.4 is 10.2 Å². The maximum absolute atomic E-state index is 11.9. The summed E-state index contributed by atoms with van der Waals surface area (Å²) in [6.45, 7) is 1.01. The first-order valence-electron chi connectivity index (χ1n) is 6.86. The molecule has 4 rings (SSSR count). The number of nitrogens with one attached hydrogen (secondary N) is 1. The number of benzene rings is 1. The molecule has 1 N–H and O–H groups in total. The number of hydrogen-bond acceptors (Lipinski definition) is 3. The summed E-state index contributed by atoms with van der Waals surface area (Å²) in [5, 5.41) is 2.90. The van der Waals surface area contributed by atoms with Gasteiger partial charge in [0.1, 0.15) is 5.65 Å². The van der Waals surface area contributed by atoms with Crippen LogP contribution in [0.4, 0.5) is 11.4 Å². The Labute approximate surface area is 121 Å². The molecule has 0 fully saturated rings. The Kier molecular flexibility index (Phi) is 2.64. The third-order valence-corrected chi connectivity index (χ3v) is 3.70. The number of imidazole rings is 1. The number of carbonyl (C=O) groups is 1. The largest absolute Gasteiger partial charge is 0.355 e. The zero-order valence-electron chi connectivity index (χ0n) is 11.4. The molecule has 0 radical (unpaired) electrons. The van der Waals surface area contributed by atoms with E-state index >= 15 is 0 Å². The van der Waals surface area contributed by atoms with Gasteiger partial charge in [-0.3, -0.25) is 4.79 Å². The fourth-order valence-corrected chi connectivity index (χ4v) is 2.74. The van der Waals surface area contributed by atoms with Gasteiger partial charge in [0.2, 0.25) is 5.91 Å². The van der Waals surface area contributed by atoms with Gasteiger partial charge in [0.05, 0.1) is 36.4 Å². The zero-order valence-corrected chi connectivity index (χ0v) is 11.4. The number of carbonyl (C=O) groups excluding carboxylic acids is 1. The Morgan fingerprint density at radius 2 is 2.00 bits per heavy atom. The molecule has 3 heterocycles. The maximum atomic E-state index is 11.9. The first kappa shape index (κ1) is 12.0. The highest BCUT2D eigenvalue weighted by molar-refractivity contribution is 6.01. The monoisotopic (exact) mass is 278 g/mol. The van der Waals surface area contributed by atoms with E-state index in [1.807, 2.05) is 54.9 Å². The highest BCUT2D eigenvalue weighted by atomic mass is 16.2. The molecule has 5 heteroatoms. The molecular formula is C16H14N4O. The second kappa shape index (κ2) is 4.63. The molecule has 0 aliphatic carbocycles. The number of para-hydroxylation sites is 2. The van der Waals surface area contributed by atoms with E-state index < -0.39 is 0 Å². The summed E-state index contributed by atoms with van der Waals surface area (Å²) in [5.41, 5.74) is 3.89. The molecule has 21 heavy (non-hydrogen) atoms. The smallest absolute Gasteiger partial charge is 0.243 e. The molecule has 1 aromatic carbocycles. The van der Waals surface area contributed by atoms with Crippen molar-refractivity contribution < 1.29 is 4.79 Å². The third kappa shape index (κ3) is 2.03. The number of fused-ring (bicyclic) bond motifs is 2. The van der Waals surface area contributed by atoms with Crippen LogP contribution in [-0.4, -0.2) is 21.8 Å². The first-order valence-corrected chi connectivity index (χ1v) is 6.86. The Bertz CT molecular complexity index is 824. The van der Waals surface area contributed by atoms with Crippen LogP contribution in [0.15, 0.2) is 54.9 Å². The van der Waals surface area contributed by atoms with Crippen LogP contribution in [0.5, 0.6) is 0 Å². The zero-order chi connectivity index (χ0) is 14.2. The van der Waals surface area contributed by atoms with Gasteiger partial charge in [-0.2, -0.15) is 0 Å². The number of rotatable bonds is 2. The SMILES string of the molecule is O=C1CN(Cc2cnc3ccccn23)c2ccccc2N1. The molecular weight excluding hydrogens is 264 g/mol. The minimum absolute atomic E-state index is 0.0162. The lowest BCUT2D eigenvalue weighted by Crippen LogP contribution is -2.37. The van der Waals surface area contributed by atoms with Crippen molar-refractivity contribution in [2.24, 2.45) is 0 Å². The van der Waals surface area contributed by atoms with Crippen molar-refractivity contribution in [3.05, 3.63) is 60.6 Å². The summed E-state index contributed by atoms with van der Waals surface area (Å²) in [4.78, 5) is 18.3. The summed E-state index contributed by atoms with van der Waals surface area (Å²) in [6.07, 6.45) is 3.86. The quantitative estimate of drug-likeness (QED) is 0.782. The van der Waals surface area contributed by atoms with Crippen LogP contribution >= 0.6 is 0 Å². The van der Waals surface area contributed by atoms with E-state index in [4.69, 9.17) is 0 Å². The van der Waals surface area contributed by atoms with Crippen molar-refractivity contribution in [1.29, 1.82) is 0 Å². The lowest BCUT2D eigenvalue weighted by Gasteiger charge is -2.30. The molecule has 2 aromatic heterocycles. The van der Waals surface area contributed by atoms with Crippen molar-refractivity contribution in [3.63, 3.8) is 0 Å². The number of aromatic nitrogens is 2. The number of hydrogen-bond donors (Lipinski definition) is 1. The Morgan fingerprint density at radius 3 is 2.95 bits per heavy atom. The number of anilines is 2. The van der Waals surface area contributed by atoms with Crippen LogP contribution in [0.1, 0.15) is 5.69 Å². The molecule has 1 amide bonds. The fraction of sp³-hybridized carbons (Fsp3) is 0.125. The second-order valence-electron chi connectivity index (χ2n) is 5.10. The summed E-state index contributed by atoms with van der Waals surface area (Å²) in [6, 6.07) is 13.8. The minimum atomic E-state index is 0.0162. The van der Waals surface area contributed by atoms with Gasteiger partial charge in [-0.05, 0) is 24.3 Å². The van der Waals surface area contributed by atoms with Crippen molar-refractivity contribution in [1.82, 2.24) is 9.38 Å². The molecule has 0 unspecified atom stereocenters. The fourth-order valence-electron chi connectivity index (χ4n) is 2.74. The second-order valence-corrected chi connectivity index (χ2v) is 5.10. The van der Waals surface area contributed by atoms with Crippen LogP contribution in [0.2, 0.25) is 0 Å². The van der Waals surface area contributed by atoms with Crippen LogP contribution in [0.25, 0.3) is 5.65 Å². The lowest BCUT2D eigenvalue weighted by atomic mass is 10.2. The normalized spacial score (nSPS) is 14.1. The molecule has 0 atom stereocenters. The molecule has 0 saturated heterocycles. The molecule has 3 aromatic rings. The highest BCUT2D eigenvalue weighted by Gasteiger charge is 2.22. The van der Waals surface area contributed by atoms with Gasteiger partial charge in [-0.1, -0.05) is 18.2 Å². The van der Waals surface area contributed by atoms with E-state index in [0.717, 1.165) is 22.7 Å². The van der Waals surface area contributed by atoms with Crippen molar-refractivity contribution >= 4 is 22.9 Å². The van der Waals surface area contributed by atoms with Gasteiger partial charge < -0.3 is 14.6 Å². The van der Waals surface area contributed by atoms with Gasteiger partial charge >= 0.3 is 0 Å². The predicted molar refractivity (Wildman–Crippen MR) is 81.3 cm³/mol. The van der Waals surface area contributed by atoms with Crippen molar-refractivity contribution in [3.8, 4) is 0 Å².